The van der Waals surface area contributed by atoms with Gasteiger partial charge < -0.3 is 23.7 Å². The maximum Gasteiger partial charge on any atom is 0.336 e. The molecule has 34 heavy (non-hydrogen) atoms. The second-order valence-electron chi connectivity index (χ2n) is 9.38. The Kier molecular flexibility index (Phi) is 7.47. The van der Waals surface area contributed by atoms with Gasteiger partial charge in [0.15, 0.2) is 0 Å². The van der Waals surface area contributed by atoms with Crippen molar-refractivity contribution in [3.8, 4) is 11.5 Å². The molecule has 3 aromatic rings. The number of aryl methyl sites for hydroxylation is 1. The summed E-state index contributed by atoms with van der Waals surface area (Å²) in [5, 5.41) is 0.825. The molecule has 2 heterocycles. The van der Waals surface area contributed by atoms with Crippen molar-refractivity contribution in [3.05, 3.63) is 63.5 Å². The largest absolute Gasteiger partial charge is 0.496 e. The van der Waals surface area contributed by atoms with Gasteiger partial charge in [-0.25, -0.2) is 4.79 Å². The van der Waals surface area contributed by atoms with Gasteiger partial charge in [-0.2, -0.15) is 0 Å². The number of anilines is 1. The number of hydrogen-bond donors (Lipinski definition) is 0. The number of piperidine rings is 1. The van der Waals surface area contributed by atoms with Crippen molar-refractivity contribution in [2.75, 3.05) is 52.8 Å². The average Bonchev–Trinajstić information content (AvgIpc) is 2.84. The Labute approximate surface area is 202 Å². The molecule has 1 saturated heterocycles. The monoisotopic (exact) mass is 464 g/mol. The van der Waals surface area contributed by atoms with Gasteiger partial charge in [-0.3, -0.25) is 0 Å². The minimum Gasteiger partial charge on any atom is -0.496 e. The predicted octanol–water partition coefficient (Wildman–Crippen LogP) is 5.19. The third-order valence-electron chi connectivity index (χ3n) is 6.96. The number of rotatable bonds is 8. The van der Waals surface area contributed by atoms with E-state index in [1.165, 1.54) is 30.9 Å². The molecule has 0 radical (unpaired) electrons. The first kappa shape index (κ1) is 24.1. The Morgan fingerprint density at radius 3 is 2.29 bits per heavy atom. The van der Waals surface area contributed by atoms with Gasteiger partial charge in [-0.1, -0.05) is 18.6 Å². The van der Waals surface area contributed by atoms with E-state index >= 15 is 0 Å². The molecule has 1 aliphatic rings. The Bertz CT molecular complexity index is 1180. The number of methoxy groups -OCH3 is 2. The van der Waals surface area contributed by atoms with E-state index in [1.54, 1.807) is 14.2 Å². The lowest BCUT2D eigenvalue weighted by atomic mass is 9.85. The number of likely N-dealkylation sites (tertiary alicyclic amines) is 1. The minimum atomic E-state index is -0.362. The highest BCUT2D eigenvalue weighted by Gasteiger charge is 2.27. The summed E-state index contributed by atoms with van der Waals surface area (Å²) < 4.78 is 17.4. The molecule has 0 amide bonds. The Hall–Kier alpha value is -2.99. The fourth-order valence-corrected chi connectivity index (χ4v) is 5.12. The third kappa shape index (κ3) is 4.92. The number of nitrogens with zero attached hydrogens (tertiary/aromatic N) is 2. The first-order chi connectivity index (χ1) is 16.4. The summed E-state index contributed by atoms with van der Waals surface area (Å²) in [5.74, 6) is 1.33. The summed E-state index contributed by atoms with van der Waals surface area (Å²) in [4.78, 5) is 17.1. The number of hydrogen-bond acceptors (Lipinski definition) is 6. The van der Waals surface area contributed by atoms with Crippen LogP contribution < -0.4 is 20.0 Å². The van der Waals surface area contributed by atoms with Crippen molar-refractivity contribution in [2.24, 2.45) is 0 Å². The molecule has 0 N–H and O–H groups in total. The molecule has 6 heteroatoms. The maximum absolute atomic E-state index is 12.5. The van der Waals surface area contributed by atoms with Gasteiger partial charge in [-0.05, 0) is 69.1 Å². The fourth-order valence-electron chi connectivity index (χ4n) is 5.12. The lowest BCUT2D eigenvalue weighted by Crippen LogP contribution is -2.31. The smallest absolute Gasteiger partial charge is 0.336 e. The quantitative estimate of drug-likeness (QED) is 0.428. The van der Waals surface area contributed by atoms with Crippen LogP contribution in [0.5, 0.6) is 11.5 Å². The highest BCUT2D eigenvalue weighted by Crippen LogP contribution is 2.44. The van der Waals surface area contributed by atoms with E-state index in [1.807, 2.05) is 27.1 Å². The van der Waals surface area contributed by atoms with Gasteiger partial charge in [-0.15, -0.1) is 0 Å². The minimum absolute atomic E-state index is 0.00597. The van der Waals surface area contributed by atoms with Crippen LogP contribution in [0.3, 0.4) is 0 Å². The van der Waals surface area contributed by atoms with Gasteiger partial charge in [0.05, 0.1) is 19.6 Å². The highest BCUT2D eigenvalue weighted by atomic mass is 16.5. The average molecular weight is 465 g/mol. The SMILES string of the molecule is COc1cc(OC)c2c(C)cc(=O)oc2c1C(CCN1CCCCC1)c1ccc(N(C)C)cc1. The molecule has 2 aromatic carbocycles. The lowest BCUT2D eigenvalue weighted by molar-refractivity contribution is 0.223. The van der Waals surface area contributed by atoms with Crippen molar-refractivity contribution in [1.29, 1.82) is 0 Å². The maximum atomic E-state index is 12.5. The summed E-state index contributed by atoms with van der Waals surface area (Å²) in [5.41, 5.74) is 4.27. The van der Waals surface area contributed by atoms with E-state index < -0.39 is 0 Å². The molecule has 6 nitrogen and oxygen atoms in total. The summed E-state index contributed by atoms with van der Waals surface area (Å²) in [6.07, 6.45) is 4.72. The van der Waals surface area contributed by atoms with Gasteiger partial charge in [0, 0.05) is 43.4 Å². The van der Waals surface area contributed by atoms with Crippen molar-refractivity contribution >= 4 is 16.7 Å². The molecule has 182 valence electrons. The first-order valence-corrected chi connectivity index (χ1v) is 12.1. The van der Waals surface area contributed by atoms with Crippen LogP contribution >= 0.6 is 0 Å². The van der Waals surface area contributed by atoms with Crippen LogP contribution in [-0.2, 0) is 0 Å². The van der Waals surface area contributed by atoms with Crippen molar-refractivity contribution in [3.63, 3.8) is 0 Å². The van der Waals surface area contributed by atoms with Gasteiger partial charge in [0.1, 0.15) is 17.1 Å². The molecule has 1 aliphatic heterocycles. The van der Waals surface area contributed by atoms with Crippen molar-refractivity contribution in [1.82, 2.24) is 4.90 Å². The molecule has 0 saturated carbocycles. The lowest BCUT2D eigenvalue weighted by Gasteiger charge is -2.29. The van der Waals surface area contributed by atoms with Gasteiger partial charge in [0.25, 0.3) is 0 Å². The zero-order valence-corrected chi connectivity index (χ0v) is 21.0. The van der Waals surface area contributed by atoms with Crippen LogP contribution in [0.15, 0.2) is 45.6 Å². The zero-order valence-electron chi connectivity index (χ0n) is 21.0. The standard InChI is InChI=1S/C28H36N2O4/c1-19-17-25(31)34-28-26(19)23(32-4)18-24(33-5)27(28)22(13-16-30-14-7-6-8-15-30)20-9-11-21(12-10-20)29(2)3/h9-12,17-18,22H,6-8,13-16H2,1-5H3. The van der Waals surface area contributed by atoms with Crippen LogP contribution in [0, 0.1) is 6.92 Å². The summed E-state index contributed by atoms with van der Waals surface area (Å²) >= 11 is 0. The Morgan fingerprint density at radius 2 is 1.68 bits per heavy atom. The second-order valence-corrected chi connectivity index (χ2v) is 9.38. The number of fused-ring (bicyclic) bond motifs is 1. The van der Waals surface area contributed by atoms with E-state index in [0.29, 0.717) is 17.1 Å². The van der Waals surface area contributed by atoms with E-state index in [2.05, 4.69) is 34.1 Å². The normalized spacial score (nSPS) is 15.3. The third-order valence-corrected chi connectivity index (χ3v) is 6.96. The molecule has 1 fully saturated rings. The molecule has 1 unspecified atom stereocenters. The molecule has 4 rings (SSSR count). The molecule has 0 aliphatic carbocycles. The van der Waals surface area contributed by atoms with Crippen molar-refractivity contribution < 1.29 is 13.9 Å². The zero-order chi connectivity index (χ0) is 24.2. The molecular formula is C28H36N2O4. The number of ether oxygens (including phenoxy) is 2. The first-order valence-electron chi connectivity index (χ1n) is 12.1. The van der Waals surface area contributed by atoms with E-state index in [9.17, 15) is 4.79 Å². The number of benzene rings is 2. The molecule has 0 bridgehead atoms. The van der Waals surface area contributed by atoms with Gasteiger partial charge in [0.2, 0.25) is 0 Å². The molecule has 0 spiro atoms. The van der Waals surface area contributed by atoms with Crippen LogP contribution in [0.25, 0.3) is 11.0 Å². The molecule has 1 aromatic heterocycles. The van der Waals surface area contributed by atoms with Crippen molar-refractivity contribution in [2.45, 2.75) is 38.5 Å². The Balaban J connectivity index is 1.88. The van der Waals surface area contributed by atoms with Crippen LogP contribution in [0.1, 0.15) is 48.3 Å². The predicted molar refractivity (Wildman–Crippen MR) is 138 cm³/mol. The Morgan fingerprint density at radius 1 is 1.00 bits per heavy atom. The molecule has 1 atom stereocenters. The summed E-state index contributed by atoms with van der Waals surface area (Å²) in [6.45, 7) is 5.18. The topological polar surface area (TPSA) is 55.2 Å². The van der Waals surface area contributed by atoms with Crippen LogP contribution in [0.2, 0.25) is 0 Å². The van der Waals surface area contributed by atoms with Gasteiger partial charge >= 0.3 is 5.63 Å². The van der Waals surface area contributed by atoms with Crippen LogP contribution in [-0.4, -0.2) is 52.8 Å². The highest BCUT2D eigenvalue weighted by molar-refractivity contribution is 5.92. The van der Waals surface area contributed by atoms with Crippen LogP contribution in [0.4, 0.5) is 5.69 Å². The fraction of sp³-hybridized carbons (Fsp3) is 0.464. The second kappa shape index (κ2) is 10.5. The summed E-state index contributed by atoms with van der Waals surface area (Å²) in [7, 11) is 7.38. The van der Waals surface area contributed by atoms with E-state index in [4.69, 9.17) is 13.9 Å². The summed E-state index contributed by atoms with van der Waals surface area (Å²) in [6, 6.07) is 12.1. The van der Waals surface area contributed by atoms with E-state index in [0.717, 1.165) is 48.3 Å². The van der Waals surface area contributed by atoms with E-state index in [-0.39, 0.29) is 11.5 Å². The molecular weight excluding hydrogens is 428 g/mol.